The van der Waals surface area contributed by atoms with Crippen LogP contribution in [-0.4, -0.2) is 27.5 Å². The summed E-state index contributed by atoms with van der Waals surface area (Å²) in [5.41, 5.74) is 2.23. The fourth-order valence-corrected chi connectivity index (χ4v) is 2.16. The van der Waals surface area contributed by atoms with E-state index in [1.807, 2.05) is 36.4 Å². The molecule has 6 heteroatoms. The van der Waals surface area contributed by atoms with Gasteiger partial charge in [-0.15, -0.1) is 0 Å². The van der Waals surface area contributed by atoms with E-state index in [0.29, 0.717) is 23.8 Å². The Balaban J connectivity index is 1.82. The van der Waals surface area contributed by atoms with Crippen LogP contribution in [0.1, 0.15) is 17.3 Å². The van der Waals surface area contributed by atoms with Crippen LogP contribution in [0.25, 0.3) is 11.3 Å². The number of esters is 1. The Hall–Kier alpha value is -3.28. The quantitative estimate of drug-likeness (QED) is 0.725. The standard InChI is InChI=1S/C18H16N4O2/c1-2-24-18(23)14-8-9-19-16(10-14)22-17-11-15(20-12-21-17)13-6-4-3-5-7-13/h3-12H,2H2,1H3,(H,19,20,21,22). The lowest BCUT2D eigenvalue weighted by Gasteiger charge is -2.08. The molecule has 0 saturated carbocycles. The molecule has 1 N–H and O–H groups in total. The van der Waals surface area contributed by atoms with E-state index in [2.05, 4.69) is 20.3 Å². The summed E-state index contributed by atoms with van der Waals surface area (Å²) >= 11 is 0. The molecular formula is C18H16N4O2. The molecule has 0 spiro atoms. The topological polar surface area (TPSA) is 77.0 Å². The molecule has 0 saturated heterocycles. The van der Waals surface area contributed by atoms with Crippen LogP contribution in [-0.2, 0) is 4.74 Å². The van der Waals surface area contributed by atoms with Crippen molar-refractivity contribution < 1.29 is 9.53 Å². The van der Waals surface area contributed by atoms with E-state index in [1.165, 1.54) is 6.33 Å². The van der Waals surface area contributed by atoms with Gasteiger partial charge in [0, 0.05) is 17.8 Å². The molecule has 6 nitrogen and oxygen atoms in total. The first-order valence-electron chi connectivity index (χ1n) is 7.54. The molecular weight excluding hydrogens is 304 g/mol. The highest BCUT2D eigenvalue weighted by Crippen LogP contribution is 2.20. The van der Waals surface area contributed by atoms with Gasteiger partial charge in [-0.3, -0.25) is 0 Å². The zero-order chi connectivity index (χ0) is 16.8. The van der Waals surface area contributed by atoms with Gasteiger partial charge in [-0.2, -0.15) is 0 Å². The molecule has 120 valence electrons. The molecule has 0 amide bonds. The van der Waals surface area contributed by atoms with Crippen molar-refractivity contribution in [1.29, 1.82) is 0 Å². The molecule has 24 heavy (non-hydrogen) atoms. The highest BCUT2D eigenvalue weighted by atomic mass is 16.5. The summed E-state index contributed by atoms with van der Waals surface area (Å²) in [6.07, 6.45) is 3.04. The molecule has 0 fully saturated rings. The van der Waals surface area contributed by atoms with Gasteiger partial charge in [-0.05, 0) is 19.1 Å². The third-order valence-corrected chi connectivity index (χ3v) is 3.26. The summed E-state index contributed by atoms with van der Waals surface area (Å²) in [6, 6.07) is 14.9. The Morgan fingerprint density at radius 3 is 2.62 bits per heavy atom. The Morgan fingerprint density at radius 2 is 1.83 bits per heavy atom. The van der Waals surface area contributed by atoms with Crippen molar-refractivity contribution in [3.8, 4) is 11.3 Å². The third-order valence-electron chi connectivity index (χ3n) is 3.26. The summed E-state index contributed by atoms with van der Waals surface area (Å²) in [5, 5.41) is 3.08. The molecule has 0 aliphatic heterocycles. The van der Waals surface area contributed by atoms with Crippen LogP contribution >= 0.6 is 0 Å². The maximum absolute atomic E-state index is 11.8. The number of ether oxygens (including phenoxy) is 1. The van der Waals surface area contributed by atoms with E-state index in [-0.39, 0.29) is 5.97 Å². The first-order valence-corrected chi connectivity index (χ1v) is 7.54. The molecule has 0 aliphatic carbocycles. The second-order valence-electron chi connectivity index (χ2n) is 4.93. The second kappa shape index (κ2) is 7.32. The Morgan fingerprint density at radius 1 is 1.04 bits per heavy atom. The Bertz CT molecular complexity index is 837. The molecule has 1 aromatic carbocycles. The number of carbonyl (C=O) groups is 1. The van der Waals surface area contributed by atoms with Crippen LogP contribution in [0, 0.1) is 0 Å². The number of benzene rings is 1. The van der Waals surface area contributed by atoms with Crippen LogP contribution in [0.2, 0.25) is 0 Å². The molecule has 2 heterocycles. The van der Waals surface area contributed by atoms with E-state index in [0.717, 1.165) is 11.3 Å². The van der Waals surface area contributed by atoms with Crippen molar-refractivity contribution in [3.63, 3.8) is 0 Å². The SMILES string of the molecule is CCOC(=O)c1ccnc(Nc2cc(-c3ccccc3)ncn2)c1. The van der Waals surface area contributed by atoms with Gasteiger partial charge in [0.1, 0.15) is 18.0 Å². The minimum absolute atomic E-state index is 0.330. The number of anilines is 2. The van der Waals surface area contributed by atoms with Crippen LogP contribution in [0.3, 0.4) is 0 Å². The average Bonchev–Trinajstić information content (AvgIpc) is 2.63. The first kappa shape index (κ1) is 15.6. The van der Waals surface area contributed by atoms with Gasteiger partial charge < -0.3 is 10.1 Å². The molecule has 3 aromatic rings. The number of nitrogens with one attached hydrogen (secondary N) is 1. The molecule has 0 radical (unpaired) electrons. The number of pyridine rings is 1. The Kier molecular flexibility index (Phi) is 4.76. The fraction of sp³-hybridized carbons (Fsp3) is 0.111. The maximum Gasteiger partial charge on any atom is 0.338 e. The lowest BCUT2D eigenvalue weighted by Crippen LogP contribution is -2.06. The summed E-state index contributed by atoms with van der Waals surface area (Å²) in [4.78, 5) is 24.5. The maximum atomic E-state index is 11.8. The zero-order valence-corrected chi connectivity index (χ0v) is 13.1. The van der Waals surface area contributed by atoms with E-state index >= 15 is 0 Å². The van der Waals surface area contributed by atoms with Gasteiger partial charge >= 0.3 is 5.97 Å². The van der Waals surface area contributed by atoms with E-state index in [9.17, 15) is 4.79 Å². The smallest absolute Gasteiger partial charge is 0.338 e. The number of rotatable bonds is 5. The van der Waals surface area contributed by atoms with Crippen molar-refractivity contribution in [1.82, 2.24) is 15.0 Å². The normalized spacial score (nSPS) is 10.2. The predicted molar refractivity (Wildman–Crippen MR) is 90.9 cm³/mol. The lowest BCUT2D eigenvalue weighted by atomic mass is 10.1. The molecule has 2 aromatic heterocycles. The van der Waals surface area contributed by atoms with Crippen LogP contribution in [0.5, 0.6) is 0 Å². The summed E-state index contributed by atoms with van der Waals surface area (Å²) in [5.74, 6) is 0.728. The predicted octanol–water partition coefficient (Wildman–Crippen LogP) is 3.46. The van der Waals surface area contributed by atoms with E-state index in [4.69, 9.17) is 4.74 Å². The largest absolute Gasteiger partial charge is 0.462 e. The molecule has 0 bridgehead atoms. The number of carbonyl (C=O) groups excluding carboxylic acids is 1. The first-order chi connectivity index (χ1) is 11.8. The lowest BCUT2D eigenvalue weighted by molar-refractivity contribution is 0.0526. The number of nitrogens with zero attached hydrogens (tertiary/aromatic N) is 3. The minimum atomic E-state index is -0.379. The molecule has 0 atom stereocenters. The van der Waals surface area contributed by atoms with Crippen LogP contribution in [0.4, 0.5) is 11.6 Å². The molecule has 3 rings (SSSR count). The number of aromatic nitrogens is 3. The van der Waals surface area contributed by atoms with E-state index in [1.54, 1.807) is 25.3 Å². The Labute approximate surface area is 139 Å². The minimum Gasteiger partial charge on any atom is -0.462 e. The monoisotopic (exact) mass is 320 g/mol. The highest BCUT2D eigenvalue weighted by molar-refractivity contribution is 5.90. The number of hydrogen-bond donors (Lipinski definition) is 1. The summed E-state index contributed by atoms with van der Waals surface area (Å²) < 4.78 is 4.99. The highest BCUT2D eigenvalue weighted by Gasteiger charge is 2.08. The van der Waals surface area contributed by atoms with Gasteiger partial charge in [0.2, 0.25) is 0 Å². The van der Waals surface area contributed by atoms with Gasteiger partial charge in [-0.25, -0.2) is 19.7 Å². The average molecular weight is 320 g/mol. The zero-order valence-electron chi connectivity index (χ0n) is 13.1. The van der Waals surface area contributed by atoms with Crippen molar-refractivity contribution >= 4 is 17.6 Å². The van der Waals surface area contributed by atoms with Crippen LogP contribution < -0.4 is 5.32 Å². The van der Waals surface area contributed by atoms with E-state index < -0.39 is 0 Å². The third kappa shape index (κ3) is 3.73. The van der Waals surface area contributed by atoms with Gasteiger partial charge in [-0.1, -0.05) is 30.3 Å². The molecule has 0 unspecified atom stereocenters. The van der Waals surface area contributed by atoms with Crippen molar-refractivity contribution in [2.24, 2.45) is 0 Å². The van der Waals surface area contributed by atoms with Crippen molar-refractivity contribution in [2.45, 2.75) is 6.92 Å². The van der Waals surface area contributed by atoms with Crippen molar-refractivity contribution in [3.05, 3.63) is 66.6 Å². The second-order valence-corrected chi connectivity index (χ2v) is 4.93. The summed E-state index contributed by atoms with van der Waals surface area (Å²) in [6.45, 7) is 2.10. The molecule has 0 aliphatic rings. The fourth-order valence-electron chi connectivity index (χ4n) is 2.16. The van der Waals surface area contributed by atoms with Crippen LogP contribution in [0.15, 0.2) is 61.1 Å². The van der Waals surface area contributed by atoms with Gasteiger partial charge in [0.25, 0.3) is 0 Å². The summed E-state index contributed by atoms with van der Waals surface area (Å²) in [7, 11) is 0. The number of hydrogen-bond acceptors (Lipinski definition) is 6. The van der Waals surface area contributed by atoms with Gasteiger partial charge in [0.15, 0.2) is 0 Å². The van der Waals surface area contributed by atoms with Gasteiger partial charge in [0.05, 0.1) is 17.9 Å². The van der Waals surface area contributed by atoms with Crippen molar-refractivity contribution in [2.75, 3.05) is 11.9 Å².